The average Bonchev–Trinajstić information content (AvgIpc) is 3.07. The summed E-state index contributed by atoms with van der Waals surface area (Å²) in [6, 6.07) is 29.5. The van der Waals surface area contributed by atoms with E-state index in [1.54, 1.807) is 34.1 Å². The van der Waals surface area contributed by atoms with Crippen LogP contribution in [0.4, 0.5) is 0 Å². The standard InChI is InChI=1S/C37H38N2O6/c1-2-45-34-18-10-5-11-26(34)19-21-38(22-20-35(41)42)36(43)32-16-8-6-14-30(32)31-15-7-9-17-33(31)37(44)39-24-28-13-4-3-12-27(28)23-29(39)25-40/h3-18,29,40H,2,19-25H2,1H3,(H,41,42)/t29-/m0/s1. The summed E-state index contributed by atoms with van der Waals surface area (Å²) >= 11 is 0. The molecule has 1 atom stereocenters. The molecule has 0 unspecified atom stereocenters. The highest BCUT2D eigenvalue weighted by Gasteiger charge is 2.31. The second-order valence-electron chi connectivity index (χ2n) is 11.1. The highest BCUT2D eigenvalue weighted by molar-refractivity contribution is 6.06. The molecule has 0 aromatic heterocycles. The molecule has 0 radical (unpaired) electrons. The van der Waals surface area contributed by atoms with Crippen molar-refractivity contribution in [3.05, 3.63) is 125 Å². The molecule has 232 valence electrons. The predicted octanol–water partition coefficient (Wildman–Crippen LogP) is 5.47. The number of fused-ring (bicyclic) bond motifs is 1. The van der Waals surface area contributed by atoms with Crippen LogP contribution in [0, 0.1) is 0 Å². The Morgan fingerprint density at radius 2 is 1.44 bits per heavy atom. The van der Waals surface area contributed by atoms with Gasteiger partial charge in [-0.1, -0.05) is 78.9 Å². The minimum absolute atomic E-state index is 0.0330. The number of carboxylic acid groups (broad SMARTS) is 1. The molecule has 1 heterocycles. The van der Waals surface area contributed by atoms with Gasteiger partial charge in [-0.15, -0.1) is 0 Å². The number of ether oxygens (including phenoxy) is 1. The number of aliphatic hydroxyl groups excluding tert-OH is 1. The van der Waals surface area contributed by atoms with Gasteiger partial charge in [0.15, 0.2) is 0 Å². The lowest BCUT2D eigenvalue weighted by atomic mass is 9.91. The van der Waals surface area contributed by atoms with Crippen molar-refractivity contribution < 1.29 is 29.3 Å². The van der Waals surface area contributed by atoms with E-state index in [9.17, 15) is 24.6 Å². The van der Waals surface area contributed by atoms with Crippen LogP contribution in [0.5, 0.6) is 5.75 Å². The Bertz CT molecular complexity index is 1670. The van der Waals surface area contributed by atoms with Crippen molar-refractivity contribution in [1.29, 1.82) is 0 Å². The van der Waals surface area contributed by atoms with Crippen molar-refractivity contribution in [1.82, 2.24) is 9.80 Å². The molecule has 5 rings (SSSR count). The number of hydrogen-bond donors (Lipinski definition) is 2. The summed E-state index contributed by atoms with van der Waals surface area (Å²) in [5.74, 6) is -0.798. The molecular formula is C37H38N2O6. The number of carbonyl (C=O) groups is 3. The fourth-order valence-corrected chi connectivity index (χ4v) is 5.93. The zero-order chi connectivity index (χ0) is 31.8. The van der Waals surface area contributed by atoms with Gasteiger partial charge in [-0.25, -0.2) is 0 Å². The second-order valence-corrected chi connectivity index (χ2v) is 11.1. The first-order valence-electron chi connectivity index (χ1n) is 15.3. The Labute approximate surface area is 263 Å². The molecule has 0 bridgehead atoms. The number of hydrogen-bond acceptors (Lipinski definition) is 5. The maximum atomic E-state index is 14.2. The van der Waals surface area contributed by atoms with Crippen LogP contribution in [-0.4, -0.2) is 70.1 Å². The molecule has 0 saturated carbocycles. The lowest BCUT2D eigenvalue weighted by Gasteiger charge is -2.36. The van der Waals surface area contributed by atoms with Gasteiger partial charge in [-0.05, 0) is 65.8 Å². The zero-order valence-electron chi connectivity index (χ0n) is 25.4. The van der Waals surface area contributed by atoms with Crippen molar-refractivity contribution in [3.8, 4) is 16.9 Å². The maximum absolute atomic E-state index is 14.2. The van der Waals surface area contributed by atoms with E-state index in [0.717, 1.165) is 22.4 Å². The maximum Gasteiger partial charge on any atom is 0.305 e. The Morgan fingerprint density at radius 3 is 2.16 bits per heavy atom. The fraction of sp³-hybridized carbons (Fsp3) is 0.270. The molecule has 8 heteroatoms. The van der Waals surface area contributed by atoms with Crippen LogP contribution in [0.15, 0.2) is 97.1 Å². The number of nitrogens with zero attached hydrogens (tertiary/aromatic N) is 2. The summed E-state index contributed by atoms with van der Waals surface area (Å²) < 4.78 is 5.76. The zero-order valence-corrected chi connectivity index (χ0v) is 25.4. The lowest BCUT2D eigenvalue weighted by molar-refractivity contribution is -0.137. The first kappa shape index (κ1) is 31.5. The van der Waals surface area contributed by atoms with Crippen molar-refractivity contribution >= 4 is 17.8 Å². The molecule has 0 aliphatic carbocycles. The molecule has 4 aromatic rings. The SMILES string of the molecule is CCOc1ccccc1CCN(CCC(=O)O)C(=O)c1ccccc1-c1ccccc1C(=O)N1Cc2ccccc2C[C@H]1CO. The van der Waals surface area contributed by atoms with Crippen LogP contribution in [0.3, 0.4) is 0 Å². The van der Waals surface area contributed by atoms with Crippen molar-refractivity contribution in [3.63, 3.8) is 0 Å². The third-order valence-corrected chi connectivity index (χ3v) is 8.24. The molecule has 4 aromatic carbocycles. The number of para-hydroxylation sites is 1. The summed E-state index contributed by atoms with van der Waals surface area (Å²) in [6.07, 6.45) is 0.841. The number of rotatable bonds is 12. The molecule has 2 amide bonds. The minimum atomic E-state index is -0.992. The molecule has 1 aliphatic heterocycles. The molecule has 1 aliphatic rings. The molecule has 8 nitrogen and oxygen atoms in total. The number of amides is 2. The summed E-state index contributed by atoms with van der Waals surface area (Å²) in [6.45, 7) is 2.95. The lowest BCUT2D eigenvalue weighted by Crippen LogP contribution is -2.46. The van der Waals surface area contributed by atoms with Crippen molar-refractivity contribution in [2.24, 2.45) is 0 Å². The van der Waals surface area contributed by atoms with E-state index in [4.69, 9.17) is 4.74 Å². The summed E-state index contributed by atoms with van der Waals surface area (Å²) in [4.78, 5) is 43.1. The predicted molar refractivity (Wildman–Crippen MR) is 172 cm³/mol. The van der Waals surface area contributed by atoms with E-state index in [1.807, 2.05) is 79.7 Å². The highest BCUT2D eigenvalue weighted by Crippen LogP contribution is 2.32. The Hall–Kier alpha value is -4.95. The molecule has 0 fully saturated rings. The summed E-state index contributed by atoms with van der Waals surface area (Å²) in [7, 11) is 0. The van der Waals surface area contributed by atoms with Crippen LogP contribution >= 0.6 is 0 Å². The highest BCUT2D eigenvalue weighted by atomic mass is 16.5. The van der Waals surface area contributed by atoms with E-state index >= 15 is 0 Å². The molecule has 0 saturated heterocycles. The van der Waals surface area contributed by atoms with Gasteiger partial charge in [-0.3, -0.25) is 14.4 Å². The molecule has 45 heavy (non-hydrogen) atoms. The van der Waals surface area contributed by atoms with Gasteiger partial charge in [-0.2, -0.15) is 0 Å². The average molecular weight is 607 g/mol. The monoisotopic (exact) mass is 606 g/mol. The van der Waals surface area contributed by atoms with Gasteiger partial charge >= 0.3 is 5.97 Å². The third kappa shape index (κ3) is 7.24. The van der Waals surface area contributed by atoms with Gasteiger partial charge < -0.3 is 24.7 Å². The third-order valence-electron chi connectivity index (χ3n) is 8.24. The van der Waals surface area contributed by atoms with E-state index in [-0.39, 0.29) is 44.0 Å². The van der Waals surface area contributed by atoms with Gasteiger partial charge in [0.1, 0.15) is 5.75 Å². The largest absolute Gasteiger partial charge is 0.494 e. The summed E-state index contributed by atoms with van der Waals surface area (Å²) in [5.41, 5.74) is 5.08. The van der Waals surface area contributed by atoms with Gasteiger partial charge in [0.25, 0.3) is 11.8 Å². The van der Waals surface area contributed by atoms with Crippen LogP contribution in [0.25, 0.3) is 11.1 Å². The number of carbonyl (C=O) groups excluding carboxylic acids is 2. The van der Waals surface area contributed by atoms with Gasteiger partial charge in [0, 0.05) is 30.8 Å². The molecular weight excluding hydrogens is 568 g/mol. The van der Waals surface area contributed by atoms with Crippen LogP contribution in [0.2, 0.25) is 0 Å². The summed E-state index contributed by atoms with van der Waals surface area (Å²) in [5, 5.41) is 19.7. The van der Waals surface area contributed by atoms with Crippen LogP contribution < -0.4 is 4.74 Å². The normalized spacial score (nSPS) is 14.0. The smallest absolute Gasteiger partial charge is 0.305 e. The molecule has 2 N–H and O–H groups in total. The number of carboxylic acids is 1. The van der Waals surface area contributed by atoms with E-state index in [2.05, 4.69) is 0 Å². The minimum Gasteiger partial charge on any atom is -0.494 e. The van der Waals surface area contributed by atoms with E-state index in [0.29, 0.717) is 48.2 Å². The Kier molecular flexibility index (Phi) is 10.3. The number of benzene rings is 4. The number of aliphatic carboxylic acids is 1. The Morgan fingerprint density at radius 1 is 0.822 bits per heavy atom. The van der Waals surface area contributed by atoms with Crippen molar-refractivity contribution in [2.45, 2.75) is 38.8 Å². The first-order valence-corrected chi connectivity index (χ1v) is 15.3. The van der Waals surface area contributed by atoms with E-state index < -0.39 is 5.97 Å². The molecule has 0 spiro atoms. The van der Waals surface area contributed by atoms with Crippen LogP contribution in [0.1, 0.15) is 50.8 Å². The van der Waals surface area contributed by atoms with Crippen LogP contribution in [-0.2, 0) is 24.2 Å². The topological polar surface area (TPSA) is 107 Å². The van der Waals surface area contributed by atoms with Gasteiger partial charge in [0.05, 0.1) is 25.7 Å². The fourth-order valence-electron chi connectivity index (χ4n) is 5.93. The van der Waals surface area contributed by atoms with Crippen molar-refractivity contribution in [2.75, 3.05) is 26.3 Å². The first-order chi connectivity index (χ1) is 21.9. The van der Waals surface area contributed by atoms with Gasteiger partial charge in [0.2, 0.25) is 0 Å². The quantitative estimate of drug-likeness (QED) is 0.222. The second kappa shape index (κ2) is 14.7. The van der Waals surface area contributed by atoms with E-state index in [1.165, 1.54) is 0 Å². The number of aliphatic hydroxyl groups is 1. The Balaban J connectivity index is 1.47.